The number of amides is 2. The van der Waals surface area contributed by atoms with Gasteiger partial charge in [0.2, 0.25) is 21.8 Å². The second-order valence-corrected chi connectivity index (χ2v) is 16.3. The Kier molecular flexibility index (Phi) is 9.90. The molecule has 2 aromatic carbocycles. The van der Waals surface area contributed by atoms with Crippen LogP contribution in [0.5, 0.6) is 0 Å². The van der Waals surface area contributed by atoms with Crippen molar-refractivity contribution in [3.63, 3.8) is 0 Å². The van der Waals surface area contributed by atoms with Crippen molar-refractivity contribution in [1.82, 2.24) is 14.5 Å². The highest BCUT2D eigenvalue weighted by molar-refractivity contribution is 7.89. The van der Waals surface area contributed by atoms with Crippen LogP contribution in [0, 0.1) is 17.3 Å². The number of carbonyl (C=O) groups excluding carboxylic acids is 2. The number of nitrogens with two attached hydrogens (primary N) is 1. The molecule has 3 atom stereocenters. The Morgan fingerprint density at radius 2 is 1.67 bits per heavy atom. The number of hydrogen-bond donors (Lipinski definition) is 2. The second kappa shape index (κ2) is 13.7. The number of sulfonamides is 1. The minimum absolute atomic E-state index is 0.0888. The molecule has 244 valence electrons. The van der Waals surface area contributed by atoms with Crippen molar-refractivity contribution < 1.29 is 18.0 Å². The van der Waals surface area contributed by atoms with Gasteiger partial charge in [0.05, 0.1) is 11.7 Å². The van der Waals surface area contributed by atoms with Gasteiger partial charge >= 0.3 is 0 Å². The van der Waals surface area contributed by atoms with Crippen LogP contribution in [-0.2, 0) is 32.5 Å². The molecule has 0 aromatic heterocycles. The maximum Gasteiger partial charge on any atom is 0.245 e. The van der Waals surface area contributed by atoms with Crippen LogP contribution in [0.15, 0.2) is 48.5 Å². The van der Waals surface area contributed by atoms with Gasteiger partial charge in [-0.1, -0.05) is 67.3 Å². The van der Waals surface area contributed by atoms with Gasteiger partial charge in [-0.2, -0.15) is 0 Å². The quantitative estimate of drug-likeness (QED) is 0.423. The summed E-state index contributed by atoms with van der Waals surface area (Å²) in [6.45, 7) is 2.29. The first kappa shape index (κ1) is 32.5. The van der Waals surface area contributed by atoms with E-state index in [4.69, 9.17) is 17.3 Å². The Balaban J connectivity index is 1.19. The van der Waals surface area contributed by atoms with E-state index in [-0.39, 0.29) is 23.0 Å². The fraction of sp³-hybridized carbons (Fsp3) is 0.600. The molecule has 2 amide bonds. The van der Waals surface area contributed by atoms with Gasteiger partial charge in [0.25, 0.3) is 0 Å². The molecule has 0 unspecified atom stereocenters. The van der Waals surface area contributed by atoms with Gasteiger partial charge in [-0.05, 0) is 85.1 Å². The number of carbonyl (C=O) groups is 2. The summed E-state index contributed by atoms with van der Waals surface area (Å²) in [6, 6.07) is 14.3. The summed E-state index contributed by atoms with van der Waals surface area (Å²) in [4.78, 5) is 29.9. The Hall–Kier alpha value is -2.46. The van der Waals surface area contributed by atoms with Gasteiger partial charge in [0, 0.05) is 43.7 Å². The van der Waals surface area contributed by atoms with Crippen LogP contribution in [0.1, 0.15) is 80.5 Å². The van der Waals surface area contributed by atoms with Crippen LogP contribution in [-0.4, -0.2) is 67.4 Å². The van der Waals surface area contributed by atoms with Crippen molar-refractivity contribution >= 4 is 33.4 Å². The summed E-state index contributed by atoms with van der Waals surface area (Å²) >= 11 is 6.14. The van der Waals surface area contributed by atoms with E-state index in [0.29, 0.717) is 56.4 Å². The van der Waals surface area contributed by atoms with E-state index in [0.717, 1.165) is 43.2 Å². The molecule has 2 saturated heterocycles. The predicted octanol–water partition coefficient (Wildman–Crippen LogP) is 4.85. The number of piperidine rings is 1. The molecule has 2 aromatic rings. The number of nitrogens with zero attached hydrogens (tertiary/aromatic N) is 2. The normalized spacial score (nSPS) is 25.8. The van der Waals surface area contributed by atoms with Gasteiger partial charge in [0.1, 0.15) is 6.04 Å². The van der Waals surface area contributed by atoms with Crippen LogP contribution in [0.3, 0.4) is 0 Å². The maximum atomic E-state index is 14.3. The Morgan fingerprint density at radius 1 is 0.956 bits per heavy atom. The van der Waals surface area contributed by atoms with E-state index < -0.39 is 28.0 Å². The molecule has 3 fully saturated rings. The van der Waals surface area contributed by atoms with E-state index in [9.17, 15) is 18.0 Å². The molecule has 4 aliphatic rings. The van der Waals surface area contributed by atoms with Crippen LogP contribution < -0.4 is 11.1 Å². The zero-order valence-corrected chi connectivity index (χ0v) is 27.7. The lowest BCUT2D eigenvalue weighted by atomic mass is 9.63. The number of hydrogen-bond acceptors (Lipinski definition) is 5. The summed E-state index contributed by atoms with van der Waals surface area (Å²) < 4.78 is 27.4. The highest BCUT2D eigenvalue weighted by Gasteiger charge is 2.47. The van der Waals surface area contributed by atoms with E-state index in [1.165, 1.54) is 24.8 Å². The third kappa shape index (κ3) is 7.11. The molecular formula is C35H47ClN4O4S. The standard InChI is InChI=1S/C35H47ClN4O4S/c36-28-14-11-25(12-15-28)23-31(38-33(41)30-16-13-26-7-4-5-10-29(26)32(30)37)34(42)39-20-17-35(18-21-39,27-8-2-1-3-9-27)24-40-19-6-22-45(40,43)44/h4-5,7,10-12,14-15,27,30-32H,1-3,6,8-9,13,16-24,37H2,(H,38,41)/t30-,31-,32+/m1/s1. The minimum atomic E-state index is -3.21. The average Bonchev–Trinajstić information content (AvgIpc) is 3.39. The third-order valence-electron chi connectivity index (χ3n) is 11.1. The smallest absolute Gasteiger partial charge is 0.245 e. The number of nitrogens with one attached hydrogen (secondary N) is 1. The lowest BCUT2D eigenvalue weighted by Gasteiger charge is -2.49. The van der Waals surface area contributed by atoms with Crippen LogP contribution in [0.4, 0.5) is 0 Å². The van der Waals surface area contributed by atoms with Gasteiger partial charge in [-0.25, -0.2) is 12.7 Å². The van der Waals surface area contributed by atoms with Crippen molar-refractivity contribution in [2.75, 3.05) is 31.9 Å². The highest BCUT2D eigenvalue weighted by Crippen LogP contribution is 2.47. The number of fused-ring (bicyclic) bond motifs is 1. The Labute approximate surface area is 273 Å². The molecule has 45 heavy (non-hydrogen) atoms. The summed E-state index contributed by atoms with van der Waals surface area (Å²) in [5.74, 6) is 0.0228. The summed E-state index contributed by atoms with van der Waals surface area (Å²) in [6.07, 6.45) is 9.88. The predicted molar refractivity (Wildman–Crippen MR) is 177 cm³/mol. The lowest BCUT2D eigenvalue weighted by molar-refractivity contribution is -0.140. The monoisotopic (exact) mass is 654 g/mol. The maximum absolute atomic E-state index is 14.3. The van der Waals surface area contributed by atoms with E-state index >= 15 is 0 Å². The van der Waals surface area contributed by atoms with Gasteiger partial charge in [-0.3, -0.25) is 9.59 Å². The SMILES string of the molecule is N[C@H]1c2ccccc2CC[C@H]1C(=O)N[C@H](Cc1ccc(Cl)cc1)C(=O)N1CCC(CN2CCCS2(=O)=O)(C2CCCCC2)CC1. The number of aryl methyl sites for hydroxylation is 1. The van der Waals surface area contributed by atoms with E-state index in [2.05, 4.69) is 11.4 Å². The fourth-order valence-electron chi connectivity index (χ4n) is 8.45. The molecule has 2 aliphatic carbocycles. The Bertz CT molecular complexity index is 1470. The first-order valence-corrected chi connectivity index (χ1v) is 18.8. The molecule has 0 radical (unpaired) electrons. The second-order valence-electron chi connectivity index (χ2n) is 13.8. The number of halogens is 1. The minimum Gasteiger partial charge on any atom is -0.344 e. The molecule has 8 nitrogen and oxygen atoms in total. The molecule has 0 bridgehead atoms. The van der Waals surface area contributed by atoms with Crippen molar-refractivity contribution in [3.05, 3.63) is 70.2 Å². The number of rotatable bonds is 8. The molecule has 0 spiro atoms. The molecule has 3 N–H and O–H groups in total. The van der Waals surface area contributed by atoms with Gasteiger partial charge in [-0.15, -0.1) is 0 Å². The largest absolute Gasteiger partial charge is 0.344 e. The van der Waals surface area contributed by atoms with Crippen LogP contribution in [0.2, 0.25) is 5.02 Å². The number of likely N-dealkylation sites (tertiary alicyclic amines) is 1. The fourth-order valence-corrected chi connectivity index (χ4v) is 10.2. The van der Waals surface area contributed by atoms with Crippen LogP contribution in [0.25, 0.3) is 0 Å². The first-order valence-electron chi connectivity index (χ1n) is 16.8. The topological polar surface area (TPSA) is 113 Å². The van der Waals surface area contributed by atoms with Crippen molar-refractivity contribution in [2.24, 2.45) is 23.0 Å². The summed E-state index contributed by atoms with van der Waals surface area (Å²) in [7, 11) is -3.21. The molecule has 2 aliphatic heterocycles. The van der Waals surface area contributed by atoms with Crippen LogP contribution >= 0.6 is 11.6 Å². The van der Waals surface area contributed by atoms with Crippen molar-refractivity contribution in [1.29, 1.82) is 0 Å². The summed E-state index contributed by atoms with van der Waals surface area (Å²) in [5, 5.41) is 3.75. The lowest BCUT2D eigenvalue weighted by Crippen LogP contribution is -2.56. The zero-order valence-electron chi connectivity index (χ0n) is 26.1. The molecular weight excluding hydrogens is 608 g/mol. The Morgan fingerprint density at radius 3 is 2.36 bits per heavy atom. The average molecular weight is 655 g/mol. The van der Waals surface area contributed by atoms with Gasteiger partial charge < -0.3 is 16.0 Å². The van der Waals surface area contributed by atoms with Gasteiger partial charge in [0.15, 0.2) is 0 Å². The highest BCUT2D eigenvalue weighted by atomic mass is 35.5. The molecule has 10 heteroatoms. The summed E-state index contributed by atoms with van der Waals surface area (Å²) in [5.41, 5.74) is 9.61. The molecule has 1 saturated carbocycles. The zero-order chi connectivity index (χ0) is 31.6. The number of benzene rings is 2. The van der Waals surface area contributed by atoms with E-state index in [1.54, 1.807) is 16.4 Å². The molecule has 6 rings (SSSR count). The molecule has 2 heterocycles. The first-order chi connectivity index (χ1) is 21.6. The van der Waals surface area contributed by atoms with E-state index in [1.807, 2.05) is 35.2 Å². The van der Waals surface area contributed by atoms with Crippen molar-refractivity contribution in [2.45, 2.75) is 82.7 Å². The third-order valence-corrected chi connectivity index (χ3v) is 13.3. The van der Waals surface area contributed by atoms with Crippen molar-refractivity contribution in [3.8, 4) is 0 Å².